The summed E-state index contributed by atoms with van der Waals surface area (Å²) in [5.74, 6) is -0.798. The van der Waals surface area contributed by atoms with Crippen molar-refractivity contribution in [3.8, 4) is 16.9 Å². The van der Waals surface area contributed by atoms with Crippen LogP contribution < -0.4 is 9.92 Å². The number of rotatable bonds is 6. The van der Waals surface area contributed by atoms with Gasteiger partial charge in [-0.25, -0.2) is 9.38 Å². The topological polar surface area (TPSA) is 102 Å². The first-order valence-electron chi connectivity index (χ1n) is 10.3. The summed E-state index contributed by atoms with van der Waals surface area (Å²) < 4.78 is 42.7. The van der Waals surface area contributed by atoms with Crippen molar-refractivity contribution in [3.63, 3.8) is 0 Å². The molecule has 1 unspecified atom stereocenters. The minimum Gasteiger partial charge on any atom is -0.383 e. The van der Waals surface area contributed by atoms with Crippen LogP contribution in [0.2, 0.25) is 5.02 Å². The van der Waals surface area contributed by atoms with Crippen LogP contribution in [0.1, 0.15) is 18.1 Å². The van der Waals surface area contributed by atoms with Gasteiger partial charge in [0.25, 0.3) is 5.91 Å². The number of nitrogens with two attached hydrogens (primary N) is 1. The number of aliphatic imine (C=N–C) groups is 1. The SMILES string of the molecule is CCN1C(=O)C(c2ccc(OS(C)(=O)=O)cc2)(c2ccc(F)c(-c3cccc(Cl)c3)c2)N=C1N. The zero-order chi connectivity index (χ0) is 24.7. The lowest BCUT2D eigenvalue weighted by atomic mass is 9.81. The number of hydrogen-bond acceptors (Lipinski definition) is 6. The maximum absolute atomic E-state index is 14.9. The summed E-state index contributed by atoms with van der Waals surface area (Å²) in [7, 11) is -3.73. The molecule has 176 valence electrons. The lowest BCUT2D eigenvalue weighted by molar-refractivity contribution is -0.130. The fraction of sp³-hybridized carbons (Fsp3) is 0.167. The second kappa shape index (κ2) is 8.73. The molecule has 3 aromatic carbocycles. The highest BCUT2D eigenvalue weighted by molar-refractivity contribution is 7.86. The lowest BCUT2D eigenvalue weighted by Gasteiger charge is -2.27. The number of carbonyl (C=O) groups excluding carboxylic acids is 1. The Kier molecular flexibility index (Phi) is 6.09. The van der Waals surface area contributed by atoms with Crippen LogP contribution in [0.5, 0.6) is 5.75 Å². The molecule has 0 saturated heterocycles. The summed E-state index contributed by atoms with van der Waals surface area (Å²) in [4.78, 5) is 19.5. The van der Waals surface area contributed by atoms with Gasteiger partial charge in [0.1, 0.15) is 11.6 Å². The molecule has 1 aliphatic rings. The third-order valence-corrected chi connectivity index (χ3v) is 6.20. The van der Waals surface area contributed by atoms with E-state index >= 15 is 0 Å². The second-order valence-corrected chi connectivity index (χ2v) is 9.76. The summed E-state index contributed by atoms with van der Waals surface area (Å²) in [6.07, 6.45) is 0.933. The number of likely N-dealkylation sites (N-methyl/N-ethyl adjacent to an activating group) is 1. The molecule has 0 fully saturated rings. The molecular weight excluding hydrogens is 481 g/mol. The molecule has 0 radical (unpaired) electrons. The first-order valence-corrected chi connectivity index (χ1v) is 12.5. The maximum atomic E-state index is 14.9. The van der Waals surface area contributed by atoms with Crippen molar-refractivity contribution >= 4 is 33.6 Å². The van der Waals surface area contributed by atoms with Crippen LogP contribution in [-0.2, 0) is 20.5 Å². The molecule has 0 bridgehead atoms. The van der Waals surface area contributed by atoms with E-state index in [1.54, 1.807) is 37.3 Å². The van der Waals surface area contributed by atoms with Gasteiger partial charge in [0, 0.05) is 17.1 Å². The van der Waals surface area contributed by atoms with Gasteiger partial charge < -0.3 is 9.92 Å². The molecule has 1 aliphatic heterocycles. The van der Waals surface area contributed by atoms with Gasteiger partial charge in [0.05, 0.1) is 6.26 Å². The van der Waals surface area contributed by atoms with E-state index in [2.05, 4.69) is 4.99 Å². The molecular formula is C24H21ClFN3O4S. The molecule has 1 amide bonds. The largest absolute Gasteiger partial charge is 0.383 e. The number of carbonyl (C=O) groups is 1. The van der Waals surface area contributed by atoms with Crippen LogP contribution in [0.3, 0.4) is 0 Å². The fourth-order valence-corrected chi connectivity index (χ4v) is 4.63. The van der Waals surface area contributed by atoms with Gasteiger partial charge in [-0.2, -0.15) is 8.42 Å². The van der Waals surface area contributed by atoms with E-state index in [1.807, 2.05) is 0 Å². The van der Waals surface area contributed by atoms with Gasteiger partial charge in [-0.1, -0.05) is 41.9 Å². The Labute approximate surface area is 201 Å². The van der Waals surface area contributed by atoms with Crippen molar-refractivity contribution in [2.75, 3.05) is 12.8 Å². The van der Waals surface area contributed by atoms with Crippen LogP contribution in [0, 0.1) is 5.82 Å². The molecule has 34 heavy (non-hydrogen) atoms. The molecule has 0 aromatic heterocycles. The van der Waals surface area contributed by atoms with Crippen LogP contribution in [-0.4, -0.2) is 38.0 Å². The lowest BCUT2D eigenvalue weighted by Crippen LogP contribution is -2.43. The summed E-state index contributed by atoms with van der Waals surface area (Å²) in [6, 6.07) is 16.9. The summed E-state index contributed by atoms with van der Waals surface area (Å²) in [6.45, 7) is 2.05. The zero-order valence-electron chi connectivity index (χ0n) is 18.3. The molecule has 2 N–H and O–H groups in total. The number of hydrogen-bond donors (Lipinski definition) is 1. The first kappa shape index (κ1) is 23.7. The van der Waals surface area contributed by atoms with E-state index < -0.39 is 27.4 Å². The molecule has 0 aliphatic carbocycles. The Balaban J connectivity index is 1.91. The van der Waals surface area contributed by atoms with Crippen LogP contribution >= 0.6 is 11.6 Å². The van der Waals surface area contributed by atoms with E-state index in [1.165, 1.54) is 41.3 Å². The van der Waals surface area contributed by atoms with Gasteiger partial charge in [0.2, 0.25) is 0 Å². The zero-order valence-corrected chi connectivity index (χ0v) is 19.9. The molecule has 10 heteroatoms. The summed E-state index contributed by atoms with van der Waals surface area (Å²) >= 11 is 6.10. The van der Waals surface area contributed by atoms with Gasteiger partial charge in [-0.3, -0.25) is 9.69 Å². The minimum absolute atomic E-state index is 0.0255. The third-order valence-electron chi connectivity index (χ3n) is 5.47. The van der Waals surface area contributed by atoms with Crippen molar-refractivity contribution in [2.45, 2.75) is 12.5 Å². The normalized spacial score (nSPS) is 18.2. The molecule has 7 nitrogen and oxygen atoms in total. The minimum atomic E-state index is -3.73. The highest BCUT2D eigenvalue weighted by Gasteiger charge is 2.50. The van der Waals surface area contributed by atoms with Gasteiger partial charge in [-0.05, 0) is 60.0 Å². The molecule has 1 atom stereocenters. The number of guanidine groups is 1. The summed E-state index contributed by atoms with van der Waals surface area (Å²) in [5, 5.41) is 0.440. The van der Waals surface area contributed by atoms with E-state index in [0.29, 0.717) is 21.7 Å². The number of benzene rings is 3. The van der Waals surface area contributed by atoms with E-state index in [4.69, 9.17) is 21.5 Å². The van der Waals surface area contributed by atoms with Crippen molar-refractivity contribution in [1.82, 2.24) is 4.90 Å². The third kappa shape index (κ3) is 4.24. The molecule has 4 rings (SSSR count). The van der Waals surface area contributed by atoms with Gasteiger partial charge >= 0.3 is 10.1 Å². The molecule has 0 saturated carbocycles. The standard InChI is InChI=1S/C24H21ClFN3O4S/c1-3-29-22(30)24(28-23(29)27,16-7-10-19(11-8-16)33-34(2,31)32)17-9-12-21(26)20(14-17)15-5-4-6-18(25)13-15/h4-14H,3H2,1-2H3,(H2,27,28). The van der Waals surface area contributed by atoms with Crippen molar-refractivity contribution in [3.05, 3.63) is 88.7 Å². The number of nitrogens with zero attached hydrogens (tertiary/aromatic N) is 2. The van der Waals surface area contributed by atoms with Crippen LogP contribution in [0.4, 0.5) is 4.39 Å². The highest BCUT2D eigenvalue weighted by Crippen LogP contribution is 2.42. The van der Waals surface area contributed by atoms with E-state index in [-0.39, 0.29) is 23.8 Å². The predicted molar refractivity (Wildman–Crippen MR) is 129 cm³/mol. The van der Waals surface area contributed by atoms with Crippen LogP contribution in [0.25, 0.3) is 11.1 Å². The van der Waals surface area contributed by atoms with E-state index in [0.717, 1.165) is 6.26 Å². The Hall–Kier alpha value is -3.43. The molecule has 3 aromatic rings. The number of amides is 1. The van der Waals surface area contributed by atoms with Gasteiger partial charge in [-0.15, -0.1) is 0 Å². The fourth-order valence-electron chi connectivity index (χ4n) is 3.98. The Morgan fingerprint density at radius 2 is 1.76 bits per heavy atom. The maximum Gasteiger partial charge on any atom is 0.306 e. The average Bonchev–Trinajstić information content (AvgIpc) is 3.03. The second-order valence-electron chi connectivity index (χ2n) is 7.75. The first-order chi connectivity index (χ1) is 16.0. The highest BCUT2D eigenvalue weighted by atomic mass is 35.5. The van der Waals surface area contributed by atoms with Gasteiger partial charge in [0.15, 0.2) is 11.5 Å². The van der Waals surface area contributed by atoms with Crippen molar-refractivity contribution in [1.29, 1.82) is 0 Å². The molecule has 0 spiro atoms. The monoisotopic (exact) mass is 501 g/mol. The molecule has 1 heterocycles. The summed E-state index contributed by atoms with van der Waals surface area (Å²) in [5.41, 5.74) is 6.10. The quantitative estimate of drug-likeness (QED) is 0.516. The van der Waals surface area contributed by atoms with Crippen molar-refractivity contribution in [2.24, 2.45) is 10.7 Å². The number of halogens is 2. The Morgan fingerprint density at radius 3 is 2.35 bits per heavy atom. The van der Waals surface area contributed by atoms with E-state index in [9.17, 15) is 17.6 Å². The smallest absolute Gasteiger partial charge is 0.306 e. The predicted octanol–water partition coefficient (Wildman–Crippen LogP) is 3.90. The van der Waals surface area contributed by atoms with Crippen molar-refractivity contribution < 1.29 is 21.8 Å². The average molecular weight is 502 g/mol. The van der Waals surface area contributed by atoms with Crippen LogP contribution in [0.15, 0.2) is 71.7 Å². The Bertz CT molecular complexity index is 1410. The Morgan fingerprint density at radius 1 is 1.09 bits per heavy atom.